The van der Waals surface area contributed by atoms with E-state index in [0.717, 1.165) is 23.7 Å². The zero-order chi connectivity index (χ0) is 16.5. The van der Waals surface area contributed by atoms with Crippen LogP contribution >= 0.6 is 15.9 Å². The normalized spacial score (nSPS) is 13.9. The smallest absolute Gasteiger partial charge is 0.254 e. The standard InChI is InChI=1S/C16H16BrN7/c17-13-14(18)22-16(23-15(13)20-7-10-4-5-10)24-9-11(8-21-24)12-3-1-2-6-19-12/h1-3,6,8-10H,4-5,7H2,(H3,18,20,22,23). The van der Waals surface area contributed by atoms with E-state index in [1.165, 1.54) is 12.8 Å². The maximum Gasteiger partial charge on any atom is 0.254 e. The molecule has 24 heavy (non-hydrogen) atoms. The van der Waals surface area contributed by atoms with Crippen molar-refractivity contribution in [1.82, 2.24) is 24.7 Å². The summed E-state index contributed by atoms with van der Waals surface area (Å²) in [5, 5.41) is 7.67. The molecule has 122 valence electrons. The third kappa shape index (κ3) is 3.09. The van der Waals surface area contributed by atoms with Gasteiger partial charge in [0.05, 0.1) is 11.9 Å². The summed E-state index contributed by atoms with van der Waals surface area (Å²) in [5.74, 6) is 2.24. The first-order chi connectivity index (χ1) is 11.7. The minimum atomic E-state index is 0.383. The van der Waals surface area contributed by atoms with E-state index in [-0.39, 0.29) is 0 Å². The predicted molar refractivity (Wildman–Crippen MR) is 95.7 cm³/mol. The number of halogens is 1. The molecule has 3 N–H and O–H groups in total. The van der Waals surface area contributed by atoms with E-state index < -0.39 is 0 Å². The number of hydrogen-bond donors (Lipinski definition) is 2. The summed E-state index contributed by atoms with van der Waals surface area (Å²) in [6, 6.07) is 5.75. The Morgan fingerprint density at radius 1 is 1.29 bits per heavy atom. The highest BCUT2D eigenvalue weighted by Crippen LogP contribution is 2.31. The SMILES string of the molecule is Nc1nc(-n2cc(-c3ccccn3)cn2)nc(NCC2CC2)c1Br. The van der Waals surface area contributed by atoms with Crippen LogP contribution in [0, 0.1) is 5.92 Å². The van der Waals surface area contributed by atoms with Crippen molar-refractivity contribution in [3.63, 3.8) is 0 Å². The lowest BCUT2D eigenvalue weighted by Gasteiger charge is -2.10. The second-order valence-electron chi connectivity index (χ2n) is 5.78. The maximum absolute atomic E-state index is 6.01. The molecule has 0 spiro atoms. The van der Waals surface area contributed by atoms with Gasteiger partial charge >= 0.3 is 0 Å². The van der Waals surface area contributed by atoms with Gasteiger partial charge in [-0.15, -0.1) is 0 Å². The highest BCUT2D eigenvalue weighted by atomic mass is 79.9. The van der Waals surface area contributed by atoms with Crippen LogP contribution in [0.4, 0.5) is 11.6 Å². The Morgan fingerprint density at radius 3 is 2.92 bits per heavy atom. The van der Waals surface area contributed by atoms with Crippen LogP contribution in [-0.4, -0.2) is 31.3 Å². The van der Waals surface area contributed by atoms with E-state index >= 15 is 0 Å². The van der Waals surface area contributed by atoms with Crippen molar-refractivity contribution >= 4 is 27.6 Å². The Balaban J connectivity index is 1.64. The van der Waals surface area contributed by atoms with Crippen molar-refractivity contribution in [3.8, 4) is 17.2 Å². The average molecular weight is 386 g/mol. The van der Waals surface area contributed by atoms with Gasteiger partial charge < -0.3 is 11.1 Å². The molecule has 0 bridgehead atoms. The Bertz CT molecular complexity index is 858. The van der Waals surface area contributed by atoms with E-state index in [2.05, 4.69) is 41.3 Å². The van der Waals surface area contributed by atoms with Crippen molar-refractivity contribution in [2.75, 3.05) is 17.6 Å². The number of nitrogen functional groups attached to an aromatic ring is 1. The molecule has 0 amide bonds. The van der Waals surface area contributed by atoms with Crippen molar-refractivity contribution in [1.29, 1.82) is 0 Å². The molecular formula is C16H16BrN7. The number of nitrogens with two attached hydrogens (primary N) is 1. The number of hydrogen-bond acceptors (Lipinski definition) is 6. The van der Waals surface area contributed by atoms with Gasteiger partial charge in [-0.25, -0.2) is 4.68 Å². The number of pyridine rings is 1. The van der Waals surface area contributed by atoms with Crippen molar-refractivity contribution in [2.24, 2.45) is 5.92 Å². The minimum Gasteiger partial charge on any atom is -0.383 e. The number of rotatable bonds is 5. The molecule has 1 fully saturated rings. The Morgan fingerprint density at radius 2 is 2.17 bits per heavy atom. The molecule has 0 aliphatic heterocycles. The second-order valence-corrected chi connectivity index (χ2v) is 6.58. The van der Waals surface area contributed by atoms with Gasteiger partial charge in [-0.2, -0.15) is 15.1 Å². The zero-order valence-electron chi connectivity index (χ0n) is 12.9. The molecule has 1 aliphatic rings. The van der Waals surface area contributed by atoms with Gasteiger partial charge in [0.15, 0.2) is 0 Å². The van der Waals surface area contributed by atoms with Gasteiger partial charge in [-0.1, -0.05) is 6.07 Å². The zero-order valence-corrected chi connectivity index (χ0v) is 14.4. The van der Waals surface area contributed by atoms with Crippen LogP contribution in [0.5, 0.6) is 0 Å². The quantitative estimate of drug-likeness (QED) is 0.700. The monoisotopic (exact) mass is 385 g/mol. The topological polar surface area (TPSA) is 94.5 Å². The summed E-state index contributed by atoms with van der Waals surface area (Å²) >= 11 is 3.45. The second kappa shape index (κ2) is 6.20. The first-order valence-electron chi connectivity index (χ1n) is 7.74. The van der Waals surface area contributed by atoms with Crippen LogP contribution < -0.4 is 11.1 Å². The highest BCUT2D eigenvalue weighted by molar-refractivity contribution is 9.10. The van der Waals surface area contributed by atoms with Crippen molar-refractivity contribution < 1.29 is 0 Å². The molecule has 1 saturated carbocycles. The molecule has 3 aromatic heterocycles. The van der Waals surface area contributed by atoms with E-state index in [0.29, 0.717) is 22.1 Å². The molecule has 7 nitrogen and oxygen atoms in total. The van der Waals surface area contributed by atoms with Gasteiger partial charge in [-0.3, -0.25) is 4.98 Å². The molecule has 3 aromatic rings. The highest BCUT2D eigenvalue weighted by Gasteiger charge is 2.22. The maximum atomic E-state index is 6.01. The summed E-state index contributed by atoms with van der Waals surface area (Å²) in [6.45, 7) is 0.896. The Labute approximate surface area is 147 Å². The molecule has 3 heterocycles. The molecule has 8 heteroatoms. The Kier molecular flexibility index (Phi) is 3.89. The fraction of sp³-hybridized carbons (Fsp3) is 0.250. The average Bonchev–Trinajstić information content (AvgIpc) is 3.30. The van der Waals surface area contributed by atoms with Crippen LogP contribution in [0.15, 0.2) is 41.3 Å². The van der Waals surface area contributed by atoms with Crippen LogP contribution in [-0.2, 0) is 0 Å². The Hall–Kier alpha value is -2.48. The van der Waals surface area contributed by atoms with Crippen LogP contribution in [0.25, 0.3) is 17.2 Å². The largest absolute Gasteiger partial charge is 0.383 e. The van der Waals surface area contributed by atoms with E-state index in [1.807, 2.05) is 24.4 Å². The molecule has 0 radical (unpaired) electrons. The fourth-order valence-corrected chi connectivity index (χ4v) is 2.65. The van der Waals surface area contributed by atoms with E-state index in [4.69, 9.17) is 5.73 Å². The lowest BCUT2D eigenvalue weighted by Crippen LogP contribution is -2.11. The molecule has 0 atom stereocenters. The minimum absolute atomic E-state index is 0.383. The lowest BCUT2D eigenvalue weighted by atomic mass is 10.2. The summed E-state index contributed by atoms with van der Waals surface area (Å²) in [6.07, 6.45) is 7.87. The number of nitrogens with one attached hydrogen (secondary N) is 1. The van der Waals surface area contributed by atoms with Gasteiger partial charge in [0, 0.05) is 24.5 Å². The van der Waals surface area contributed by atoms with Crippen LogP contribution in [0.1, 0.15) is 12.8 Å². The molecule has 4 rings (SSSR count). The summed E-state index contributed by atoms with van der Waals surface area (Å²) < 4.78 is 2.29. The number of aromatic nitrogens is 5. The summed E-state index contributed by atoms with van der Waals surface area (Å²) in [4.78, 5) is 13.2. The number of nitrogens with zero attached hydrogens (tertiary/aromatic N) is 5. The first-order valence-corrected chi connectivity index (χ1v) is 8.53. The van der Waals surface area contributed by atoms with Gasteiger partial charge in [0.25, 0.3) is 5.95 Å². The van der Waals surface area contributed by atoms with Gasteiger partial charge in [-0.05, 0) is 46.8 Å². The molecule has 0 saturated heterocycles. The molecule has 0 aromatic carbocycles. The molecular weight excluding hydrogens is 370 g/mol. The third-order valence-corrected chi connectivity index (χ3v) is 4.65. The van der Waals surface area contributed by atoms with E-state index in [1.54, 1.807) is 17.1 Å². The lowest BCUT2D eigenvalue weighted by molar-refractivity contribution is 0.804. The summed E-state index contributed by atoms with van der Waals surface area (Å²) in [7, 11) is 0. The first kappa shape index (κ1) is 15.1. The number of anilines is 2. The van der Waals surface area contributed by atoms with Crippen LogP contribution in [0.2, 0.25) is 0 Å². The van der Waals surface area contributed by atoms with Crippen molar-refractivity contribution in [3.05, 3.63) is 41.3 Å². The van der Waals surface area contributed by atoms with Gasteiger partial charge in [0.1, 0.15) is 16.1 Å². The predicted octanol–water partition coefficient (Wildman–Crippen LogP) is 2.89. The molecule has 0 unspecified atom stereocenters. The van der Waals surface area contributed by atoms with E-state index in [9.17, 15) is 0 Å². The van der Waals surface area contributed by atoms with Crippen LogP contribution in [0.3, 0.4) is 0 Å². The fourth-order valence-electron chi connectivity index (χ4n) is 2.33. The van der Waals surface area contributed by atoms with Gasteiger partial charge in [0.2, 0.25) is 0 Å². The molecule has 1 aliphatic carbocycles. The summed E-state index contributed by atoms with van der Waals surface area (Å²) in [5.41, 5.74) is 7.75. The third-order valence-electron chi connectivity index (χ3n) is 3.87. The van der Waals surface area contributed by atoms with Crippen molar-refractivity contribution in [2.45, 2.75) is 12.8 Å².